The third-order valence-corrected chi connectivity index (χ3v) is 0.987. The summed E-state index contributed by atoms with van der Waals surface area (Å²) in [6.45, 7) is 0. The molecular formula is C6H6F2. The topological polar surface area (TPSA) is 0 Å². The van der Waals surface area contributed by atoms with Crippen LogP contribution in [0.4, 0.5) is 8.78 Å². The quantitative estimate of drug-likeness (QED) is 0.454. The minimum atomic E-state index is -1.11. The molecule has 0 heterocycles. The van der Waals surface area contributed by atoms with Crippen molar-refractivity contribution in [2.45, 2.75) is 12.6 Å². The van der Waals surface area contributed by atoms with E-state index in [9.17, 15) is 8.78 Å². The van der Waals surface area contributed by atoms with Crippen molar-refractivity contribution in [2.75, 3.05) is 0 Å². The molecule has 0 aromatic heterocycles. The molecular weight excluding hydrogens is 110 g/mol. The van der Waals surface area contributed by atoms with Gasteiger partial charge in [0.1, 0.15) is 12.0 Å². The molecule has 1 aliphatic rings. The highest BCUT2D eigenvalue weighted by atomic mass is 19.1. The number of alkyl halides is 1. The molecule has 1 atom stereocenters. The molecule has 0 amide bonds. The number of allylic oxidation sites excluding steroid dienone is 4. The van der Waals surface area contributed by atoms with Crippen LogP contribution >= 0.6 is 0 Å². The second-order valence-electron chi connectivity index (χ2n) is 1.72. The van der Waals surface area contributed by atoms with Gasteiger partial charge in [0, 0.05) is 6.42 Å². The maximum Gasteiger partial charge on any atom is 0.125 e. The van der Waals surface area contributed by atoms with Gasteiger partial charge in [-0.25, -0.2) is 8.78 Å². The Kier molecular flexibility index (Phi) is 1.42. The van der Waals surface area contributed by atoms with E-state index in [1.54, 1.807) is 0 Å². The van der Waals surface area contributed by atoms with Crippen molar-refractivity contribution in [1.29, 1.82) is 0 Å². The molecule has 1 aliphatic carbocycles. The van der Waals surface area contributed by atoms with Crippen molar-refractivity contribution in [3.05, 3.63) is 24.1 Å². The molecule has 8 heavy (non-hydrogen) atoms. The maximum atomic E-state index is 12.1. The maximum absolute atomic E-state index is 12.1. The standard InChI is InChI=1S/C6H6F2/c7-5-2-1-3-6(8)4-5/h1-3,5H,4H2. The van der Waals surface area contributed by atoms with Crippen LogP contribution in [0, 0.1) is 0 Å². The van der Waals surface area contributed by atoms with E-state index in [1.807, 2.05) is 0 Å². The van der Waals surface area contributed by atoms with Gasteiger partial charge in [0.2, 0.25) is 0 Å². The normalized spacial score (nSPS) is 27.8. The SMILES string of the molecule is FC1=CC=CC(F)C1. The molecule has 0 aliphatic heterocycles. The average molecular weight is 116 g/mol. The van der Waals surface area contributed by atoms with E-state index in [2.05, 4.69) is 0 Å². The molecule has 0 bridgehead atoms. The number of hydrogen-bond donors (Lipinski definition) is 0. The summed E-state index contributed by atoms with van der Waals surface area (Å²) in [6.07, 6.45) is 2.80. The van der Waals surface area contributed by atoms with E-state index in [0.29, 0.717) is 0 Å². The monoisotopic (exact) mass is 116 g/mol. The first kappa shape index (κ1) is 5.48. The molecule has 0 fully saturated rings. The van der Waals surface area contributed by atoms with Crippen LogP contribution in [0.3, 0.4) is 0 Å². The summed E-state index contributed by atoms with van der Waals surface area (Å²) in [6, 6.07) is 0. The van der Waals surface area contributed by atoms with Crippen LogP contribution in [-0.2, 0) is 0 Å². The molecule has 44 valence electrons. The van der Waals surface area contributed by atoms with Gasteiger partial charge in [-0.3, -0.25) is 0 Å². The van der Waals surface area contributed by atoms with Crippen molar-refractivity contribution in [3.8, 4) is 0 Å². The minimum Gasteiger partial charge on any atom is -0.242 e. The van der Waals surface area contributed by atoms with E-state index in [0.717, 1.165) is 0 Å². The summed E-state index contributed by atoms with van der Waals surface area (Å²) in [5.74, 6) is -0.375. The van der Waals surface area contributed by atoms with Crippen LogP contribution in [-0.4, -0.2) is 6.17 Å². The van der Waals surface area contributed by atoms with E-state index in [1.165, 1.54) is 18.2 Å². The highest BCUT2D eigenvalue weighted by molar-refractivity contribution is 5.15. The summed E-state index contributed by atoms with van der Waals surface area (Å²) in [4.78, 5) is 0. The molecule has 0 saturated carbocycles. The van der Waals surface area contributed by atoms with Crippen LogP contribution in [0.15, 0.2) is 24.1 Å². The summed E-state index contributed by atoms with van der Waals surface area (Å²) in [7, 11) is 0. The summed E-state index contributed by atoms with van der Waals surface area (Å²) in [5, 5.41) is 0. The van der Waals surface area contributed by atoms with E-state index < -0.39 is 6.17 Å². The van der Waals surface area contributed by atoms with Gasteiger partial charge in [-0.2, -0.15) is 0 Å². The molecule has 0 N–H and O–H groups in total. The van der Waals surface area contributed by atoms with Crippen molar-refractivity contribution in [1.82, 2.24) is 0 Å². The van der Waals surface area contributed by atoms with Crippen LogP contribution in [0.1, 0.15) is 6.42 Å². The molecule has 0 aromatic carbocycles. The van der Waals surface area contributed by atoms with Crippen molar-refractivity contribution in [3.63, 3.8) is 0 Å². The van der Waals surface area contributed by atoms with Gasteiger partial charge < -0.3 is 0 Å². The lowest BCUT2D eigenvalue weighted by molar-refractivity contribution is 0.369. The van der Waals surface area contributed by atoms with Gasteiger partial charge in [-0.15, -0.1) is 0 Å². The van der Waals surface area contributed by atoms with Crippen molar-refractivity contribution < 1.29 is 8.78 Å². The van der Waals surface area contributed by atoms with Crippen LogP contribution in [0.25, 0.3) is 0 Å². The number of rotatable bonds is 0. The first-order valence-electron chi connectivity index (χ1n) is 2.46. The second kappa shape index (κ2) is 2.07. The third kappa shape index (κ3) is 1.15. The Morgan fingerprint density at radius 2 is 2.38 bits per heavy atom. The van der Waals surface area contributed by atoms with E-state index in [4.69, 9.17) is 0 Å². The lowest BCUT2D eigenvalue weighted by atomic mass is 10.1. The number of halogens is 2. The fourth-order valence-corrected chi connectivity index (χ4v) is 0.603. The predicted octanol–water partition coefficient (Wildman–Crippen LogP) is 2.14. The molecule has 0 saturated heterocycles. The Morgan fingerprint density at radius 1 is 1.62 bits per heavy atom. The summed E-state index contributed by atoms with van der Waals surface area (Å²) >= 11 is 0. The van der Waals surface area contributed by atoms with Crippen LogP contribution in [0.2, 0.25) is 0 Å². The Labute approximate surface area is 46.5 Å². The number of hydrogen-bond acceptors (Lipinski definition) is 0. The Bertz CT molecular complexity index is 135. The first-order valence-corrected chi connectivity index (χ1v) is 2.46. The fourth-order valence-electron chi connectivity index (χ4n) is 0.603. The largest absolute Gasteiger partial charge is 0.242 e. The Balaban J connectivity index is 2.59. The van der Waals surface area contributed by atoms with Crippen molar-refractivity contribution >= 4 is 0 Å². The molecule has 0 radical (unpaired) electrons. The lowest BCUT2D eigenvalue weighted by Crippen LogP contribution is -1.97. The molecule has 0 aromatic rings. The highest BCUT2D eigenvalue weighted by Crippen LogP contribution is 2.15. The lowest BCUT2D eigenvalue weighted by Gasteiger charge is -2.02. The minimum absolute atomic E-state index is 0.0868. The third-order valence-electron chi connectivity index (χ3n) is 0.987. The summed E-state index contributed by atoms with van der Waals surface area (Å²) < 4.78 is 24.1. The van der Waals surface area contributed by atoms with Gasteiger partial charge in [-0.1, -0.05) is 12.2 Å². The highest BCUT2D eigenvalue weighted by Gasteiger charge is 2.07. The van der Waals surface area contributed by atoms with Crippen LogP contribution < -0.4 is 0 Å². The fraction of sp³-hybridized carbons (Fsp3) is 0.333. The summed E-state index contributed by atoms with van der Waals surface area (Å²) in [5.41, 5.74) is 0. The first-order chi connectivity index (χ1) is 3.79. The molecule has 0 spiro atoms. The molecule has 0 nitrogen and oxygen atoms in total. The van der Waals surface area contributed by atoms with Crippen LogP contribution in [0.5, 0.6) is 0 Å². The molecule has 1 unspecified atom stereocenters. The second-order valence-corrected chi connectivity index (χ2v) is 1.72. The smallest absolute Gasteiger partial charge is 0.125 e. The van der Waals surface area contributed by atoms with E-state index >= 15 is 0 Å². The predicted molar refractivity (Wildman–Crippen MR) is 27.8 cm³/mol. The van der Waals surface area contributed by atoms with Gasteiger partial charge in [0.05, 0.1) is 0 Å². The van der Waals surface area contributed by atoms with Gasteiger partial charge in [0.15, 0.2) is 0 Å². The van der Waals surface area contributed by atoms with Crippen molar-refractivity contribution in [2.24, 2.45) is 0 Å². The van der Waals surface area contributed by atoms with Gasteiger partial charge >= 0.3 is 0 Å². The average Bonchev–Trinajstić information content (AvgIpc) is 1.64. The molecule has 2 heteroatoms. The van der Waals surface area contributed by atoms with Gasteiger partial charge in [0.25, 0.3) is 0 Å². The Morgan fingerprint density at radius 3 is 2.75 bits per heavy atom. The molecule has 1 rings (SSSR count). The Hall–Kier alpha value is -0.660. The zero-order chi connectivity index (χ0) is 5.98. The zero-order valence-electron chi connectivity index (χ0n) is 4.27. The zero-order valence-corrected chi connectivity index (χ0v) is 4.27. The van der Waals surface area contributed by atoms with E-state index in [-0.39, 0.29) is 12.2 Å². The van der Waals surface area contributed by atoms with Gasteiger partial charge in [-0.05, 0) is 6.08 Å².